The number of anilines is 1. The number of aliphatic hydroxyl groups is 1. The number of carbonyl (C=O) groups is 2. The predicted octanol–water partition coefficient (Wildman–Crippen LogP) is 4.26. The number of aryl methyl sites for hydroxylation is 1. The first-order valence-electron chi connectivity index (χ1n) is 9.15. The molecule has 0 saturated carbocycles. The molecule has 1 aliphatic heterocycles. The van der Waals surface area contributed by atoms with E-state index in [9.17, 15) is 29.2 Å². The van der Waals surface area contributed by atoms with Crippen LogP contribution in [-0.2, 0) is 9.59 Å². The SMILES string of the molecule is Cc1ccc(C2/C(=C(/O)c3ccc([N+](=O)[O-])cc3)C(=O)C(=O)N2c2cccc(F)c2)o1. The van der Waals surface area contributed by atoms with E-state index in [2.05, 4.69) is 0 Å². The summed E-state index contributed by atoms with van der Waals surface area (Å²) < 4.78 is 19.5. The molecule has 0 bridgehead atoms. The second-order valence-electron chi connectivity index (χ2n) is 6.90. The molecular weight excluding hydrogens is 407 g/mol. The number of halogens is 1. The Kier molecular flexibility index (Phi) is 4.86. The molecule has 1 aromatic heterocycles. The van der Waals surface area contributed by atoms with E-state index in [0.717, 1.165) is 11.0 Å². The van der Waals surface area contributed by atoms with Gasteiger partial charge in [0.2, 0.25) is 0 Å². The van der Waals surface area contributed by atoms with E-state index in [1.54, 1.807) is 19.1 Å². The van der Waals surface area contributed by atoms with Crippen molar-refractivity contribution in [1.82, 2.24) is 0 Å². The van der Waals surface area contributed by atoms with Gasteiger partial charge in [-0.15, -0.1) is 0 Å². The maximum absolute atomic E-state index is 13.8. The lowest BCUT2D eigenvalue weighted by Gasteiger charge is -2.23. The Morgan fingerprint density at radius 1 is 1.13 bits per heavy atom. The Hall–Kier alpha value is -4.27. The van der Waals surface area contributed by atoms with Crippen LogP contribution in [-0.4, -0.2) is 21.7 Å². The van der Waals surface area contributed by atoms with Crippen molar-refractivity contribution in [2.45, 2.75) is 13.0 Å². The van der Waals surface area contributed by atoms with E-state index in [1.165, 1.54) is 42.5 Å². The zero-order valence-corrected chi connectivity index (χ0v) is 16.1. The van der Waals surface area contributed by atoms with Crippen molar-refractivity contribution in [3.05, 3.63) is 99.3 Å². The van der Waals surface area contributed by atoms with Gasteiger partial charge in [-0.3, -0.25) is 24.6 Å². The standard InChI is InChI=1S/C22H15FN2O6/c1-12-5-10-17(31-12)19-18(20(26)13-6-8-15(9-7-13)25(29)30)21(27)22(28)24(19)16-4-2-3-14(23)11-16/h2-11,19,26H,1H3/b20-18-. The number of nitro groups is 1. The van der Waals surface area contributed by atoms with Crippen LogP contribution < -0.4 is 4.90 Å². The molecule has 31 heavy (non-hydrogen) atoms. The van der Waals surface area contributed by atoms with Crippen molar-refractivity contribution < 1.29 is 28.4 Å². The molecule has 1 aliphatic rings. The minimum Gasteiger partial charge on any atom is -0.507 e. The van der Waals surface area contributed by atoms with Gasteiger partial charge in [0.25, 0.3) is 17.4 Å². The molecule has 156 valence electrons. The molecule has 0 spiro atoms. The minimum absolute atomic E-state index is 0.108. The topological polar surface area (TPSA) is 114 Å². The second kappa shape index (κ2) is 7.52. The molecule has 4 rings (SSSR count). The lowest BCUT2D eigenvalue weighted by Crippen LogP contribution is -2.29. The molecule has 1 atom stereocenters. The molecule has 1 saturated heterocycles. The normalized spacial score (nSPS) is 17.9. The molecule has 2 aromatic carbocycles. The van der Waals surface area contributed by atoms with Crippen LogP contribution >= 0.6 is 0 Å². The number of nitrogens with zero attached hydrogens (tertiary/aromatic N) is 2. The first-order chi connectivity index (χ1) is 14.8. The number of amides is 1. The lowest BCUT2D eigenvalue weighted by atomic mass is 9.99. The molecule has 1 unspecified atom stereocenters. The third-order valence-corrected chi connectivity index (χ3v) is 4.91. The fourth-order valence-electron chi connectivity index (χ4n) is 3.49. The summed E-state index contributed by atoms with van der Waals surface area (Å²) in [4.78, 5) is 37.1. The number of benzene rings is 2. The van der Waals surface area contributed by atoms with Crippen LogP contribution in [0.25, 0.3) is 5.76 Å². The van der Waals surface area contributed by atoms with Crippen LogP contribution in [0.3, 0.4) is 0 Å². The van der Waals surface area contributed by atoms with Crippen LogP contribution in [0.1, 0.15) is 23.1 Å². The number of non-ortho nitro benzene ring substituents is 1. The van der Waals surface area contributed by atoms with Crippen molar-refractivity contribution in [3.63, 3.8) is 0 Å². The lowest BCUT2D eigenvalue weighted by molar-refractivity contribution is -0.384. The summed E-state index contributed by atoms with van der Waals surface area (Å²) in [5.74, 6) is -2.37. The van der Waals surface area contributed by atoms with Crippen molar-refractivity contribution >= 4 is 28.8 Å². The fraction of sp³-hybridized carbons (Fsp3) is 0.0909. The first kappa shape index (κ1) is 20.0. The molecular formula is C22H15FN2O6. The van der Waals surface area contributed by atoms with Crippen molar-refractivity contribution in [2.24, 2.45) is 0 Å². The summed E-state index contributed by atoms with van der Waals surface area (Å²) in [6, 6.07) is 12.1. The summed E-state index contributed by atoms with van der Waals surface area (Å²) in [6.07, 6.45) is 0. The van der Waals surface area contributed by atoms with Gasteiger partial charge in [-0.25, -0.2) is 4.39 Å². The average Bonchev–Trinajstić information content (AvgIpc) is 3.28. The van der Waals surface area contributed by atoms with E-state index in [-0.39, 0.29) is 28.3 Å². The summed E-state index contributed by atoms with van der Waals surface area (Å²) in [6.45, 7) is 1.67. The zero-order valence-electron chi connectivity index (χ0n) is 16.1. The Labute approximate surface area is 175 Å². The number of furan rings is 1. The predicted molar refractivity (Wildman–Crippen MR) is 108 cm³/mol. The van der Waals surface area contributed by atoms with Crippen LogP contribution in [0.2, 0.25) is 0 Å². The monoisotopic (exact) mass is 422 g/mol. The summed E-state index contributed by atoms with van der Waals surface area (Å²) in [5, 5.41) is 21.8. The van der Waals surface area contributed by atoms with Gasteiger partial charge < -0.3 is 9.52 Å². The number of ketones is 1. The Morgan fingerprint density at radius 2 is 1.84 bits per heavy atom. The van der Waals surface area contributed by atoms with Gasteiger partial charge in [0, 0.05) is 23.4 Å². The van der Waals surface area contributed by atoms with Gasteiger partial charge in [0.15, 0.2) is 0 Å². The highest BCUT2D eigenvalue weighted by atomic mass is 19.1. The highest BCUT2D eigenvalue weighted by Gasteiger charge is 2.48. The Morgan fingerprint density at radius 3 is 2.42 bits per heavy atom. The summed E-state index contributed by atoms with van der Waals surface area (Å²) >= 11 is 0. The molecule has 0 aliphatic carbocycles. The van der Waals surface area contributed by atoms with Crippen LogP contribution in [0, 0.1) is 22.9 Å². The molecule has 3 aromatic rings. The third kappa shape index (κ3) is 3.46. The highest BCUT2D eigenvalue weighted by Crippen LogP contribution is 2.42. The number of carbonyl (C=O) groups excluding carboxylic acids is 2. The first-order valence-corrected chi connectivity index (χ1v) is 9.15. The van der Waals surface area contributed by atoms with Gasteiger partial charge in [0.05, 0.1) is 10.5 Å². The van der Waals surface area contributed by atoms with Crippen molar-refractivity contribution in [3.8, 4) is 0 Å². The molecule has 1 amide bonds. The molecule has 2 heterocycles. The van der Waals surface area contributed by atoms with Gasteiger partial charge in [-0.2, -0.15) is 0 Å². The molecule has 1 N–H and O–H groups in total. The number of Topliss-reactive ketones (excluding diaryl/α,β-unsaturated/α-hetero) is 1. The third-order valence-electron chi connectivity index (χ3n) is 4.91. The Balaban J connectivity index is 1.91. The summed E-state index contributed by atoms with van der Waals surface area (Å²) in [5.41, 5.74) is -0.243. The highest BCUT2D eigenvalue weighted by molar-refractivity contribution is 6.51. The maximum Gasteiger partial charge on any atom is 0.300 e. The smallest absolute Gasteiger partial charge is 0.300 e. The van der Waals surface area contributed by atoms with Crippen LogP contribution in [0.15, 0.2) is 70.7 Å². The quantitative estimate of drug-likeness (QED) is 0.221. The second-order valence-corrected chi connectivity index (χ2v) is 6.90. The average molecular weight is 422 g/mol. The van der Waals surface area contributed by atoms with Crippen molar-refractivity contribution in [1.29, 1.82) is 0 Å². The number of rotatable bonds is 4. The van der Waals surface area contributed by atoms with Gasteiger partial charge in [0.1, 0.15) is 29.1 Å². The van der Waals surface area contributed by atoms with Gasteiger partial charge in [-0.05, 0) is 49.4 Å². The van der Waals surface area contributed by atoms with E-state index in [4.69, 9.17) is 4.42 Å². The number of aliphatic hydroxyl groups excluding tert-OH is 1. The molecule has 1 fully saturated rings. The molecule has 0 radical (unpaired) electrons. The van der Waals surface area contributed by atoms with E-state index < -0.39 is 34.2 Å². The fourth-order valence-corrected chi connectivity index (χ4v) is 3.49. The molecule has 8 nitrogen and oxygen atoms in total. The number of nitro benzene ring substituents is 1. The van der Waals surface area contributed by atoms with Gasteiger partial charge >= 0.3 is 0 Å². The zero-order chi connectivity index (χ0) is 22.3. The van der Waals surface area contributed by atoms with Gasteiger partial charge in [-0.1, -0.05) is 6.07 Å². The minimum atomic E-state index is -1.15. The number of hydrogen-bond donors (Lipinski definition) is 1. The van der Waals surface area contributed by atoms with E-state index >= 15 is 0 Å². The number of hydrogen-bond acceptors (Lipinski definition) is 6. The van der Waals surface area contributed by atoms with Crippen LogP contribution in [0.5, 0.6) is 0 Å². The van der Waals surface area contributed by atoms with E-state index in [1.807, 2.05) is 0 Å². The van der Waals surface area contributed by atoms with Crippen LogP contribution in [0.4, 0.5) is 15.8 Å². The van der Waals surface area contributed by atoms with E-state index in [0.29, 0.717) is 5.76 Å². The maximum atomic E-state index is 13.8. The molecule has 9 heteroatoms. The summed E-state index contributed by atoms with van der Waals surface area (Å²) in [7, 11) is 0. The Bertz CT molecular complexity index is 1240. The largest absolute Gasteiger partial charge is 0.507 e. The van der Waals surface area contributed by atoms with Crippen molar-refractivity contribution in [2.75, 3.05) is 4.90 Å².